The highest BCUT2D eigenvalue weighted by molar-refractivity contribution is 7.98. The van der Waals surface area contributed by atoms with Crippen molar-refractivity contribution in [3.63, 3.8) is 0 Å². The lowest BCUT2D eigenvalue weighted by atomic mass is 10.1. The molecule has 0 saturated carbocycles. The van der Waals surface area contributed by atoms with Gasteiger partial charge in [0.1, 0.15) is 16.3 Å². The molecule has 1 aromatic carbocycles. The van der Waals surface area contributed by atoms with Gasteiger partial charge in [0, 0.05) is 18.1 Å². The van der Waals surface area contributed by atoms with Crippen molar-refractivity contribution in [3.05, 3.63) is 47.9 Å². The van der Waals surface area contributed by atoms with Crippen LogP contribution in [0, 0.1) is 0 Å². The second kappa shape index (κ2) is 6.19. The zero-order valence-electron chi connectivity index (χ0n) is 10.2. The second-order valence-corrected chi connectivity index (χ2v) is 4.67. The number of carboxylic acids is 1. The Hall–Kier alpha value is -2.08. The summed E-state index contributed by atoms with van der Waals surface area (Å²) < 4.78 is 5.01. The van der Waals surface area contributed by atoms with Crippen molar-refractivity contribution >= 4 is 17.7 Å². The van der Waals surface area contributed by atoms with Crippen molar-refractivity contribution in [2.75, 3.05) is 7.11 Å². The van der Waals surface area contributed by atoms with Gasteiger partial charge in [-0.1, -0.05) is 6.07 Å². The van der Waals surface area contributed by atoms with Crippen molar-refractivity contribution in [2.45, 2.75) is 10.8 Å². The van der Waals surface area contributed by atoms with Crippen LogP contribution >= 0.6 is 11.8 Å². The summed E-state index contributed by atoms with van der Waals surface area (Å²) >= 11 is 1.50. The van der Waals surface area contributed by atoms with Crippen molar-refractivity contribution in [1.29, 1.82) is 0 Å². The molecule has 5 nitrogen and oxygen atoms in total. The van der Waals surface area contributed by atoms with Crippen LogP contribution in [0.5, 0.6) is 5.75 Å². The molecule has 0 fully saturated rings. The summed E-state index contributed by atoms with van der Waals surface area (Å²) in [7, 11) is 1.45. The third-order valence-electron chi connectivity index (χ3n) is 2.42. The third-order valence-corrected chi connectivity index (χ3v) is 3.40. The van der Waals surface area contributed by atoms with Crippen molar-refractivity contribution in [3.8, 4) is 5.75 Å². The average molecular weight is 276 g/mol. The molecule has 0 saturated heterocycles. The molecule has 98 valence electrons. The van der Waals surface area contributed by atoms with Gasteiger partial charge >= 0.3 is 5.97 Å². The number of ether oxygens (including phenoxy) is 1. The van der Waals surface area contributed by atoms with Gasteiger partial charge < -0.3 is 9.84 Å². The van der Waals surface area contributed by atoms with Crippen LogP contribution in [-0.2, 0) is 5.75 Å². The summed E-state index contributed by atoms with van der Waals surface area (Å²) in [4.78, 5) is 19.2. The molecule has 1 heterocycles. The van der Waals surface area contributed by atoms with Crippen LogP contribution in [0.25, 0.3) is 0 Å². The molecule has 0 aliphatic heterocycles. The Balaban J connectivity index is 2.13. The van der Waals surface area contributed by atoms with E-state index in [2.05, 4.69) is 9.97 Å². The Morgan fingerprint density at radius 2 is 2.26 bits per heavy atom. The number of hydrogen-bond donors (Lipinski definition) is 1. The molecule has 1 aromatic heterocycles. The Labute approximate surface area is 114 Å². The number of nitrogens with zero attached hydrogens (tertiary/aromatic N) is 2. The first kappa shape index (κ1) is 13.4. The highest BCUT2D eigenvalue weighted by atomic mass is 32.2. The summed E-state index contributed by atoms with van der Waals surface area (Å²) in [5, 5.41) is 9.90. The molecule has 0 atom stereocenters. The standard InChI is InChI=1S/C13H12N2O3S/c1-18-11-3-2-9(6-10(11)13(16)17)8-19-12-7-14-4-5-15-12/h2-7H,8H2,1H3,(H,16,17). The summed E-state index contributed by atoms with van der Waals surface area (Å²) in [6.07, 6.45) is 4.91. The molecule has 0 spiro atoms. The summed E-state index contributed by atoms with van der Waals surface area (Å²) in [5.41, 5.74) is 1.06. The van der Waals surface area contributed by atoms with Crippen LogP contribution in [0.4, 0.5) is 0 Å². The van der Waals surface area contributed by atoms with E-state index >= 15 is 0 Å². The largest absolute Gasteiger partial charge is 0.496 e. The highest BCUT2D eigenvalue weighted by Gasteiger charge is 2.11. The van der Waals surface area contributed by atoms with Gasteiger partial charge in [-0.3, -0.25) is 4.98 Å². The number of thioether (sulfide) groups is 1. The van der Waals surface area contributed by atoms with E-state index in [1.807, 2.05) is 6.07 Å². The SMILES string of the molecule is COc1ccc(CSc2cnccn2)cc1C(=O)O. The number of hydrogen-bond acceptors (Lipinski definition) is 5. The van der Waals surface area contributed by atoms with Crippen LogP contribution in [0.3, 0.4) is 0 Å². The smallest absolute Gasteiger partial charge is 0.339 e. The molecule has 19 heavy (non-hydrogen) atoms. The van der Waals surface area contributed by atoms with E-state index in [0.717, 1.165) is 10.6 Å². The monoisotopic (exact) mass is 276 g/mol. The number of carbonyl (C=O) groups is 1. The predicted molar refractivity (Wildman–Crippen MR) is 71.5 cm³/mol. The minimum Gasteiger partial charge on any atom is -0.496 e. The fourth-order valence-corrected chi connectivity index (χ4v) is 2.29. The Morgan fingerprint density at radius 3 is 2.89 bits per heavy atom. The van der Waals surface area contributed by atoms with Crippen LogP contribution < -0.4 is 4.74 Å². The fourth-order valence-electron chi connectivity index (χ4n) is 1.53. The molecule has 0 bridgehead atoms. The molecular formula is C13H12N2O3S. The van der Waals surface area contributed by atoms with Gasteiger partial charge in [-0.2, -0.15) is 0 Å². The van der Waals surface area contributed by atoms with Gasteiger partial charge in [0.25, 0.3) is 0 Å². The van der Waals surface area contributed by atoms with Crippen LogP contribution in [0.1, 0.15) is 15.9 Å². The normalized spacial score (nSPS) is 10.2. The Kier molecular flexibility index (Phi) is 4.35. The molecule has 2 rings (SSSR count). The first-order valence-electron chi connectivity index (χ1n) is 5.49. The van der Waals surface area contributed by atoms with Crippen LogP contribution in [-0.4, -0.2) is 28.2 Å². The maximum Gasteiger partial charge on any atom is 0.339 e. The van der Waals surface area contributed by atoms with Gasteiger partial charge in [-0.15, -0.1) is 11.8 Å². The summed E-state index contributed by atoms with van der Waals surface area (Å²) in [6.45, 7) is 0. The average Bonchev–Trinajstić information content (AvgIpc) is 2.46. The minimum absolute atomic E-state index is 0.166. The van der Waals surface area contributed by atoms with Crippen LogP contribution in [0.15, 0.2) is 41.8 Å². The van der Waals surface area contributed by atoms with E-state index in [4.69, 9.17) is 9.84 Å². The fraction of sp³-hybridized carbons (Fsp3) is 0.154. The highest BCUT2D eigenvalue weighted by Crippen LogP contribution is 2.24. The number of rotatable bonds is 5. The zero-order chi connectivity index (χ0) is 13.7. The van der Waals surface area contributed by atoms with E-state index in [-0.39, 0.29) is 5.56 Å². The topological polar surface area (TPSA) is 72.3 Å². The number of aromatic carboxylic acids is 1. The lowest BCUT2D eigenvalue weighted by Gasteiger charge is -2.07. The van der Waals surface area contributed by atoms with Gasteiger partial charge in [-0.05, 0) is 17.7 Å². The maximum atomic E-state index is 11.1. The molecule has 1 N–H and O–H groups in total. The van der Waals surface area contributed by atoms with Gasteiger partial charge in [-0.25, -0.2) is 9.78 Å². The molecule has 0 aliphatic carbocycles. The number of carboxylic acid groups (broad SMARTS) is 1. The molecule has 0 aliphatic rings. The second-order valence-electron chi connectivity index (χ2n) is 3.67. The van der Waals surface area contributed by atoms with E-state index in [1.54, 1.807) is 30.7 Å². The van der Waals surface area contributed by atoms with E-state index in [0.29, 0.717) is 11.5 Å². The first-order valence-corrected chi connectivity index (χ1v) is 6.48. The van der Waals surface area contributed by atoms with Crippen molar-refractivity contribution < 1.29 is 14.6 Å². The van der Waals surface area contributed by atoms with E-state index in [9.17, 15) is 4.79 Å². The van der Waals surface area contributed by atoms with E-state index < -0.39 is 5.97 Å². The summed E-state index contributed by atoms with van der Waals surface area (Å²) in [5.74, 6) is -0.00728. The zero-order valence-corrected chi connectivity index (χ0v) is 11.1. The van der Waals surface area contributed by atoms with Gasteiger partial charge in [0.2, 0.25) is 0 Å². The van der Waals surface area contributed by atoms with E-state index in [1.165, 1.54) is 18.9 Å². The maximum absolute atomic E-state index is 11.1. The number of benzene rings is 1. The summed E-state index contributed by atoms with van der Waals surface area (Å²) in [6, 6.07) is 5.12. The first-order chi connectivity index (χ1) is 9.20. The quantitative estimate of drug-likeness (QED) is 0.846. The lowest BCUT2D eigenvalue weighted by Crippen LogP contribution is -2.01. The molecular weight excluding hydrogens is 264 g/mol. The van der Waals surface area contributed by atoms with Gasteiger partial charge in [0.15, 0.2) is 0 Å². The Morgan fingerprint density at radius 1 is 1.42 bits per heavy atom. The molecule has 0 amide bonds. The number of aromatic nitrogens is 2. The molecule has 2 aromatic rings. The minimum atomic E-state index is -0.997. The molecule has 6 heteroatoms. The van der Waals surface area contributed by atoms with Gasteiger partial charge in [0.05, 0.1) is 13.3 Å². The van der Waals surface area contributed by atoms with Crippen LogP contribution in [0.2, 0.25) is 0 Å². The third kappa shape index (κ3) is 3.45. The van der Waals surface area contributed by atoms with Crippen molar-refractivity contribution in [1.82, 2.24) is 9.97 Å². The Bertz CT molecular complexity index is 575. The predicted octanol–water partition coefficient (Wildman–Crippen LogP) is 2.48. The molecule has 0 unspecified atom stereocenters. The molecule has 0 radical (unpaired) electrons. The lowest BCUT2D eigenvalue weighted by molar-refractivity contribution is 0.0693. The van der Waals surface area contributed by atoms with Crippen molar-refractivity contribution in [2.24, 2.45) is 0 Å². The number of methoxy groups -OCH3 is 1.